The molecule has 2 N–H and O–H groups in total. The second kappa shape index (κ2) is 10.5. The van der Waals surface area contributed by atoms with Crippen LogP contribution in [-0.4, -0.2) is 43.0 Å². The number of carbonyl (C=O) groups is 2. The molecule has 0 unspecified atom stereocenters. The molecule has 0 atom stereocenters. The summed E-state index contributed by atoms with van der Waals surface area (Å²) in [5.41, 5.74) is 1.75. The average molecular weight is 482 g/mol. The van der Waals surface area contributed by atoms with Crippen molar-refractivity contribution in [1.29, 1.82) is 0 Å². The molecule has 0 aliphatic carbocycles. The molecule has 2 aromatic carbocycles. The molecule has 2 amide bonds. The van der Waals surface area contributed by atoms with Crippen LogP contribution in [-0.2, 0) is 16.8 Å². The highest BCUT2D eigenvalue weighted by Crippen LogP contribution is 2.26. The van der Waals surface area contributed by atoms with Crippen molar-refractivity contribution in [3.8, 4) is 0 Å². The van der Waals surface area contributed by atoms with E-state index >= 15 is 0 Å². The van der Waals surface area contributed by atoms with Crippen LogP contribution >= 0.6 is 11.3 Å². The molecule has 1 saturated heterocycles. The van der Waals surface area contributed by atoms with Gasteiger partial charge in [0.25, 0.3) is 11.8 Å². The van der Waals surface area contributed by atoms with Gasteiger partial charge in [-0.25, -0.2) is 4.39 Å². The molecule has 0 radical (unpaired) electrons. The maximum Gasteiger partial charge on any atom is 0.262 e. The van der Waals surface area contributed by atoms with Crippen LogP contribution in [0.2, 0.25) is 0 Å². The molecule has 0 spiro atoms. The summed E-state index contributed by atoms with van der Waals surface area (Å²) in [7, 11) is 0. The van der Waals surface area contributed by atoms with Gasteiger partial charge >= 0.3 is 0 Å². The van der Waals surface area contributed by atoms with Gasteiger partial charge in [0.15, 0.2) is 0 Å². The third-order valence-corrected chi connectivity index (χ3v) is 6.71. The van der Waals surface area contributed by atoms with Crippen LogP contribution in [0.1, 0.15) is 45.0 Å². The average Bonchev–Trinajstić information content (AvgIpc) is 3.29. The summed E-state index contributed by atoms with van der Waals surface area (Å²) in [5, 5.41) is 7.44. The third kappa shape index (κ3) is 5.88. The van der Waals surface area contributed by atoms with Gasteiger partial charge < -0.3 is 15.4 Å². The molecule has 3 aromatic rings. The molecule has 34 heavy (non-hydrogen) atoms. The van der Waals surface area contributed by atoms with Crippen LogP contribution < -0.4 is 10.6 Å². The van der Waals surface area contributed by atoms with E-state index in [0.29, 0.717) is 21.7 Å². The van der Waals surface area contributed by atoms with E-state index in [4.69, 9.17) is 4.74 Å². The maximum absolute atomic E-state index is 14.2. The van der Waals surface area contributed by atoms with Crippen LogP contribution in [0.5, 0.6) is 0 Å². The second-order valence-electron chi connectivity index (χ2n) is 8.80. The molecular weight excluding hydrogens is 453 g/mol. The van der Waals surface area contributed by atoms with Gasteiger partial charge in [0.1, 0.15) is 5.82 Å². The number of nitrogens with one attached hydrogen (secondary N) is 2. The SMILES string of the molecule is CC(C)(NC(=O)c1cc(NC(=O)c2ccc(CN3CCOCC3)cc2)cs1)c1ccccc1F. The number of rotatable bonds is 7. The van der Waals surface area contributed by atoms with Crippen molar-refractivity contribution in [3.05, 3.63) is 87.4 Å². The first-order valence-corrected chi connectivity index (χ1v) is 12.1. The van der Waals surface area contributed by atoms with Gasteiger partial charge in [0.2, 0.25) is 0 Å². The molecule has 0 saturated carbocycles. The van der Waals surface area contributed by atoms with Gasteiger partial charge in [-0.15, -0.1) is 11.3 Å². The lowest BCUT2D eigenvalue weighted by molar-refractivity contribution is 0.0342. The lowest BCUT2D eigenvalue weighted by atomic mass is 9.93. The van der Waals surface area contributed by atoms with Crippen molar-refractivity contribution in [3.63, 3.8) is 0 Å². The Morgan fingerprint density at radius 2 is 1.76 bits per heavy atom. The van der Waals surface area contributed by atoms with Crippen molar-refractivity contribution in [2.24, 2.45) is 0 Å². The van der Waals surface area contributed by atoms with Gasteiger partial charge in [-0.1, -0.05) is 30.3 Å². The number of carbonyl (C=O) groups excluding carboxylic acids is 2. The van der Waals surface area contributed by atoms with E-state index in [-0.39, 0.29) is 17.6 Å². The monoisotopic (exact) mass is 481 g/mol. The first-order valence-electron chi connectivity index (χ1n) is 11.2. The van der Waals surface area contributed by atoms with E-state index in [1.165, 1.54) is 17.4 Å². The quantitative estimate of drug-likeness (QED) is 0.516. The van der Waals surface area contributed by atoms with Gasteiger partial charge in [0, 0.05) is 36.1 Å². The number of amides is 2. The fraction of sp³-hybridized carbons (Fsp3) is 0.308. The first kappa shape index (κ1) is 24.1. The number of hydrogen-bond acceptors (Lipinski definition) is 5. The minimum absolute atomic E-state index is 0.241. The zero-order chi connectivity index (χ0) is 24.1. The van der Waals surface area contributed by atoms with Crippen molar-refractivity contribution in [2.45, 2.75) is 25.9 Å². The first-order chi connectivity index (χ1) is 16.3. The van der Waals surface area contributed by atoms with E-state index in [1.54, 1.807) is 43.5 Å². The largest absolute Gasteiger partial charge is 0.379 e. The number of benzene rings is 2. The smallest absolute Gasteiger partial charge is 0.262 e. The lowest BCUT2D eigenvalue weighted by Crippen LogP contribution is -2.41. The van der Waals surface area contributed by atoms with Gasteiger partial charge in [-0.05, 0) is 43.7 Å². The molecule has 8 heteroatoms. The van der Waals surface area contributed by atoms with E-state index < -0.39 is 5.54 Å². The number of halogens is 1. The molecule has 1 aliphatic heterocycles. The van der Waals surface area contributed by atoms with Crippen LogP contribution in [0.25, 0.3) is 0 Å². The summed E-state index contributed by atoms with van der Waals surface area (Å²) in [6.07, 6.45) is 0. The third-order valence-electron chi connectivity index (χ3n) is 5.78. The summed E-state index contributed by atoms with van der Waals surface area (Å²) in [4.78, 5) is 28.2. The van der Waals surface area contributed by atoms with Crippen molar-refractivity contribution >= 4 is 28.8 Å². The Balaban J connectivity index is 1.35. The molecule has 2 heterocycles. The molecule has 6 nitrogen and oxygen atoms in total. The predicted molar refractivity (Wildman–Crippen MR) is 132 cm³/mol. The molecule has 0 bridgehead atoms. The minimum Gasteiger partial charge on any atom is -0.379 e. The number of ether oxygens (including phenoxy) is 1. The van der Waals surface area contributed by atoms with Crippen molar-refractivity contribution in [2.75, 3.05) is 31.6 Å². The topological polar surface area (TPSA) is 70.7 Å². The Morgan fingerprint density at radius 3 is 2.47 bits per heavy atom. The van der Waals surface area contributed by atoms with Crippen LogP contribution in [0.4, 0.5) is 10.1 Å². The Morgan fingerprint density at radius 1 is 1.06 bits per heavy atom. The Bertz CT molecular complexity index is 1150. The molecule has 178 valence electrons. The van der Waals surface area contributed by atoms with E-state index in [2.05, 4.69) is 15.5 Å². The molecule has 1 aromatic heterocycles. The summed E-state index contributed by atoms with van der Waals surface area (Å²) in [5.74, 6) is -0.941. The van der Waals surface area contributed by atoms with Crippen LogP contribution in [0, 0.1) is 5.82 Å². The predicted octanol–water partition coefficient (Wildman–Crippen LogP) is 4.64. The van der Waals surface area contributed by atoms with E-state index in [9.17, 15) is 14.0 Å². The zero-order valence-corrected chi connectivity index (χ0v) is 20.1. The van der Waals surface area contributed by atoms with Gasteiger partial charge in [-0.3, -0.25) is 14.5 Å². The normalized spacial score (nSPS) is 14.6. The van der Waals surface area contributed by atoms with Crippen molar-refractivity contribution < 1.29 is 18.7 Å². The van der Waals surface area contributed by atoms with Gasteiger partial charge in [0.05, 0.1) is 29.3 Å². The van der Waals surface area contributed by atoms with Gasteiger partial charge in [-0.2, -0.15) is 0 Å². The number of morpholine rings is 1. The molecule has 1 aliphatic rings. The summed E-state index contributed by atoms with van der Waals surface area (Å²) >= 11 is 1.22. The Kier molecular flexibility index (Phi) is 7.41. The number of hydrogen-bond donors (Lipinski definition) is 2. The maximum atomic E-state index is 14.2. The Hall–Kier alpha value is -3.07. The standard InChI is InChI=1S/C26H28FN3O3S/c1-26(2,21-5-3-4-6-22(21)27)29-25(32)23-15-20(17-34-23)28-24(31)19-9-7-18(8-10-19)16-30-11-13-33-14-12-30/h3-10,15,17H,11-14,16H2,1-2H3,(H,28,31)(H,29,32). The van der Waals surface area contributed by atoms with E-state index in [1.807, 2.05) is 24.3 Å². The molecular formula is C26H28FN3O3S. The number of thiophene rings is 1. The minimum atomic E-state index is -0.890. The number of nitrogens with zero attached hydrogens (tertiary/aromatic N) is 1. The zero-order valence-electron chi connectivity index (χ0n) is 19.3. The molecule has 1 fully saturated rings. The summed E-state index contributed by atoms with van der Waals surface area (Å²) in [6.45, 7) is 7.66. The fourth-order valence-electron chi connectivity index (χ4n) is 3.88. The highest BCUT2D eigenvalue weighted by Gasteiger charge is 2.27. The lowest BCUT2D eigenvalue weighted by Gasteiger charge is -2.27. The van der Waals surface area contributed by atoms with Crippen LogP contribution in [0.3, 0.4) is 0 Å². The summed E-state index contributed by atoms with van der Waals surface area (Å²) < 4.78 is 19.6. The summed E-state index contributed by atoms with van der Waals surface area (Å²) in [6, 6.07) is 15.5. The van der Waals surface area contributed by atoms with Crippen molar-refractivity contribution in [1.82, 2.24) is 10.2 Å². The highest BCUT2D eigenvalue weighted by atomic mass is 32.1. The number of anilines is 1. The second-order valence-corrected chi connectivity index (χ2v) is 9.71. The van der Waals surface area contributed by atoms with E-state index in [0.717, 1.165) is 38.4 Å². The molecule has 4 rings (SSSR count). The Labute approximate surface area is 202 Å². The fourth-order valence-corrected chi connectivity index (χ4v) is 4.62. The highest BCUT2D eigenvalue weighted by molar-refractivity contribution is 7.12. The van der Waals surface area contributed by atoms with Crippen LogP contribution in [0.15, 0.2) is 60.0 Å².